The largest absolute Gasteiger partial charge is 0.445 e. The summed E-state index contributed by atoms with van der Waals surface area (Å²) in [6.07, 6.45) is 3.09. The molecule has 0 radical (unpaired) electrons. The summed E-state index contributed by atoms with van der Waals surface area (Å²) < 4.78 is 0. The van der Waals surface area contributed by atoms with E-state index in [4.69, 9.17) is 5.11 Å². The van der Waals surface area contributed by atoms with E-state index in [1.165, 1.54) is 0 Å². The van der Waals surface area contributed by atoms with E-state index >= 15 is 0 Å². The molecule has 0 aliphatic heterocycles. The minimum Gasteiger partial charge on any atom is -0.445 e. The Morgan fingerprint density at radius 1 is 1.36 bits per heavy atom. The van der Waals surface area contributed by atoms with Crippen LogP contribution in [-0.4, -0.2) is 22.7 Å². The van der Waals surface area contributed by atoms with Gasteiger partial charge in [-0.05, 0) is 12.8 Å². The normalized spacial score (nSPS) is 31.7. The third-order valence-corrected chi connectivity index (χ3v) is 2.40. The van der Waals surface area contributed by atoms with Gasteiger partial charge in [-0.2, -0.15) is 0 Å². The first-order chi connectivity index (χ1) is 5.24. The van der Waals surface area contributed by atoms with Crippen LogP contribution in [0.25, 0.3) is 0 Å². The van der Waals surface area contributed by atoms with Crippen LogP contribution in [0.3, 0.4) is 0 Å². The predicted octanol–water partition coefficient (Wildman–Crippen LogP) is 0.546. The summed E-state index contributed by atoms with van der Waals surface area (Å²) in [4.78, 5) is 10.1. The van der Waals surface area contributed by atoms with Crippen LogP contribution in [0, 0.1) is 16.0 Å². The molecule has 0 bridgehead atoms. The van der Waals surface area contributed by atoms with Crippen LogP contribution in [0.2, 0.25) is 0 Å². The summed E-state index contributed by atoms with van der Waals surface area (Å²) in [5.74, 6) is 0.422. The van der Waals surface area contributed by atoms with Crippen molar-refractivity contribution in [2.45, 2.75) is 31.7 Å². The van der Waals surface area contributed by atoms with Crippen molar-refractivity contribution in [2.75, 3.05) is 6.61 Å². The van der Waals surface area contributed by atoms with Crippen molar-refractivity contribution in [1.29, 1.82) is 0 Å². The highest BCUT2D eigenvalue weighted by Crippen LogP contribution is 2.24. The summed E-state index contributed by atoms with van der Waals surface area (Å²) in [6.45, 7) is 0.435. The maximum atomic E-state index is 10.3. The molecule has 0 aromatic rings. The molecule has 0 saturated heterocycles. The van der Waals surface area contributed by atoms with Crippen molar-refractivity contribution in [3.8, 4) is 0 Å². The average Bonchev–Trinajstić information content (AvgIpc) is 2.05. The first kappa shape index (κ1) is 8.46. The second-order valence-corrected chi connectivity index (χ2v) is 3.16. The molecule has 0 aromatic carbocycles. The van der Waals surface area contributed by atoms with E-state index in [1.54, 1.807) is 0 Å². The van der Waals surface area contributed by atoms with Gasteiger partial charge in [0, 0.05) is 23.7 Å². The van der Waals surface area contributed by atoms with Gasteiger partial charge in [-0.1, -0.05) is 0 Å². The van der Waals surface area contributed by atoms with E-state index in [-0.39, 0.29) is 11.0 Å². The zero-order chi connectivity index (χ0) is 8.27. The quantitative estimate of drug-likeness (QED) is 0.336. The van der Waals surface area contributed by atoms with Crippen LogP contribution in [0.4, 0.5) is 0 Å². The molecular weight excluding hydrogens is 146 g/mol. The third kappa shape index (κ3) is 2.15. The summed E-state index contributed by atoms with van der Waals surface area (Å²) in [7, 11) is 0. The molecule has 64 valence electrons. The lowest BCUT2D eigenvalue weighted by molar-refractivity contribution is -0.527. The number of nitrogens with zero attached hydrogens (tertiary/aromatic N) is 1. The van der Waals surface area contributed by atoms with E-state index in [0.717, 1.165) is 12.8 Å². The van der Waals surface area contributed by atoms with Crippen LogP contribution in [0.1, 0.15) is 25.7 Å². The Hall–Kier alpha value is -0.640. The zero-order valence-electron chi connectivity index (χ0n) is 6.45. The van der Waals surface area contributed by atoms with Gasteiger partial charge >= 0.3 is 0 Å². The lowest BCUT2D eigenvalue weighted by Crippen LogP contribution is -2.27. The second kappa shape index (κ2) is 3.67. The number of hydrogen-bond donors (Lipinski definition) is 0. The molecule has 0 atom stereocenters. The van der Waals surface area contributed by atoms with Crippen LogP contribution in [0.15, 0.2) is 0 Å². The van der Waals surface area contributed by atoms with E-state index in [9.17, 15) is 10.1 Å². The minimum absolute atomic E-state index is 0.180. The molecule has 0 heterocycles. The van der Waals surface area contributed by atoms with E-state index in [2.05, 4.69) is 0 Å². The van der Waals surface area contributed by atoms with Gasteiger partial charge < -0.3 is 5.11 Å². The molecule has 1 rings (SSSR count). The highest BCUT2D eigenvalue weighted by molar-refractivity contribution is 4.71. The molecule has 4 heteroatoms. The van der Waals surface area contributed by atoms with Gasteiger partial charge in [0.25, 0.3) is 0 Å². The van der Waals surface area contributed by atoms with Gasteiger partial charge in [0.05, 0.1) is 0 Å². The van der Waals surface area contributed by atoms with Crippen LogP contribution >= 0.6 is 0 Å². The SMILES string of the molecule is O=[N+]([O-])C1CCC(C[OH2+])CC1. The van der Waals surface area contributed by atoms with Crippen LogP contribution in [-0.2, 0) is 0 Å². The molecule has 1 fully saturated rings. The molecule has 2 N–H and O–H groups in total. The highest BCUT2D eigenvalue weighted by Gasteiger charge is 2.28. The van der Waals surface area contributed by atoms with Crippen molar-refractivity contribution in [3.63, 3.8) is 0 Å². The molecule has 0 amide bonds. The van der Waals surface area contributed by atoms with E-state index in [1.807, 2.05) is 0 Å². The van der Waals surface area contributed by atoms with Gasteiger partial charge in [-0.3, -0.25) is 10.1 Å². The van der Waals surface area contributed by atoms with Crippen molar-refractivity contribution in [1.82, 2.24) is 0 Å². The molecule has 1 saturated carbocycles. The molecule has 1 aliphatic rings. The molecule has 0 unspecified atom stereocenters. The minimum atomic E-state index is -0.321. The first-order valence-corrected chi connectivity index (χ1v) is 4.02. The smallest absolute Gasteiger partial charge is 0.213 e. The van der Waals surface area contributed by atoms with Gasteiger partial charge in [0.15, 0.2) is 0 Å². The Bertz CT molecular complexity index is 141. The van der Waals surface area contributed by atoms with Crippen molar-refractivity contribution < 1.29 is 10.0 Å². The molecule has 1 aliphatic carbocycles. The molecular formula is C7H14NO3+. The second-order valence-electron chi connectivity index (χ2n) is 3.16. The lowest BCUT2D eigenvalue weighted by atomic mass is 9.87. The third-order valence-electron chi connectivity index (χ3n) is 2.40. The number of rotatable bonds is 2. The summed E-state index contributed by atoms with van der Waals surface area (Å²) in [5.41, 5.74) is 0. The molecule has 11 heavy (non-hydrogen) atoms. The average molecular weight is 160 g/mol. The summed E-state index contributed by atoms with van der Waals surface area (Å²) in [5, 5.41) is 17.4. The molecule has 4 nitrogen and oxygen atoms in total. The fraction of sp³-hybridized carbons (Fsp3) is 1.00. The van der Waals surface area contributed by atoms with Crippen molar-refractivity contribution >= 4 is 0 Å². The maximum Gasteiger partial charge on any atom is 0.213 e. The molecule has 0 spiro atoms. The first-order valence-electron chi connectivity index (χ1n) is 4.02. The monoisotopic (exact) mass is 160 g/mol. The van der Waals surface area contributed by atoms with Crippen molar-refractivity contribution in [2.24, 2.45) is 5.92 Å². The summed E-state index contributed by atoms with van der Waals surface area (Å²) >= 11 is 0. The Balaban J connectivity index is 2.30. The van der Waals surface area contributed by atoms with Gasteiger partial charge in [0.2, 0.25) is 6.04 Å². The Morgan fingerprint density at radius 2 is 1.91 bits per heavy atom. The zero-order valence-corrected chi connectivity index (χ0v) is 6.45. The van der Waals surface area contributed by atoms with Gasteiger partial charge in [-0.25, -0.2) is 0 Å². The van der Waals surface area contributed by atoms with E-state index < -0.39 is 0 Å². The Morgan fingerprint density at radius 3 is 2.27 bits per heavy atom. The van der Waals surface area contributed by atoms with E-state index in [0.29, 0.717) is 25.4 Å². The summed E-state index contributed by atoms with van der Waals surface area (Å²) in [6, 6.07) is -0.321. The number of nitro groups is 1. The topological polar surface area (TPSA) is 66.0 Å². The van der Waals surface area contributed by atoms with Crippen LogP contribution < -0.4 is 0 Å². The van der Waals surface area contributed by atoms with Crippen LogP contribution in [0.5, 0.6) is 0 Å². The number of hydrogen-bond acceptors (Lipinski definition) is 2. The fourth-order valence-electron chi connectivity index (χ4n) is 1.56. The lowest BCUT2D eigenvalue weighted by Gasteiger charge is -2.20. The van der Waals surface area contributed by atoms with Gasteiger partial charge in [-0.15, -0.1) is 0 Å². The fourth-order valence-corrected chi connectivity index (χ4v) is 1.56. The highest BCUT2D eigenvalue weighted by atomic mass is 16.6. The predicted molar refractivity (Wildman–Crippen MR) is 41.2 cm³/mol. The molecule has 0 aromatic heterocycles. The Kier molecular flexibility index (Phi) is 2.82. The van der Waals surface area contributed by atoms with Crippen molar-refractivity contribution in [3.05, 3.63) is 10.1 Å². The van der Waals surface area contributed by atoms with Gasteiger partial charge in [0.1, 0.15) is 6.61 Å². The maximum absolute atomic E-state index is 10.3. The Labute approximate surface area is 65.4 Å². The standard InChI is InChI=1S/C7H13NO3/c9-5-6-1-3-7(4-2-6)8(10)11/h6-7,9H,1-5H2/p+1.